The van der Waals surface area contributed by atoms with Gasteiger partial charge in [-0.2, -0.15) is 0 Å². The summed E-state index contributed by atoms with van der Waals surface area (Å²) in [6, 6.07) is 5.43. The van der Waals surface area contributed by atoms with E-state index in [4.69, 9.17) is 16.3 Å². The maximum absolute atomic E-state index is 11.8. The van der Waals surface area contributed by atoms with Gasteiger partial charge in [0.1, 0.15) is 0 Å². The predicted octanol–water partition coefficient (Wildman–Crippen LogP) is 2.42. The van der Waals surface area contributed by atoms with Crippen LogP contribution in [0.25, 0.3) is 0 Å². The largest absolute Gasteiger partial charge is 0.383 e. The highest BCUT2D eigenvalue weighted by Crippen LogP contribution is 2.32. The van der Waals surface area contributed by atoms with E-state index in [1.807, 2.05) is 31.1 Å². The lowest BCUT2D eigenvalue weighted by atomic mass is 10.2. The van der Waals surface area contributed by atoms with Gasteiger partial charge in [0, 0.05) is 27.7 Å². The molecule has 0 bridgehead atoms. The molecular weight excluding hydrogens is 337 g/mol. The smallest absolute Gasteiger partial charge is 0.238 e. The maximum Gasteiger partial charge on any atom is 0.238 e. The van der Waals surface area contributed by atoms with E-state index in [1.165, 1.54) is 0 Å². The summed E-state index contributed by atoms with van der Waals surface area (Å²) in [6.45, 7) is 1.45. The molecule has 0 fully saturated rings. The summed E-state index contributed by atoms with van der Waals surface area (Å²) < 4.78 is 4.89. The molecule has 0 saturated carbocycles. The molecule has 1 aromatic carbocycles. The third-order valence-corrected chi connectivity index (χ3v) is 2.78. The number of amides is 1. The van der Waals surface area contributed by atoms with Gasteiger partial charge in [0.25, 0.3) is 0 Å². The molecule has 1 rings (SSSR count). The standard InChI is InChI=1S/C13H20ClN3O2.2ClH/c1-17(2)13-10(14)5-4-6-11(13)16-12(18)9-15-7-8-19-3;;/h4-6,15H,7-9H2,1-3H3,(H,16,18);2*1H. The van der Waals surface area contributed by atoms with E-state index >= 15 is 0 Å². The molecule has 0 spiro atoms. The third kappa shape index (κ3) is 7.74. The molecule has 0 aliphatic carbocycles. The number of hydrogen-bond acceptors (Lipinski definition) is 4. The summed E-state index contributed by atoms with van der Waals surface area (Å²) in [5.41, 5.74) is 1.51. The van der Waals surface area contributed by atoms with Crippen LogP contribution >= 0.6 is 36.4 Å². The molecule has 0 aliphatic rings. The zero-order valence-corrected chi connectivity index (χ0v) is 14.7. The number of nitrogens with zero attached hydrogens (tertiary/aromatic N) is 1. The van der Waals surface area contributed by atoms with Crippen LogP contribution < -0.4 is 15.5 Å². The van der Waals surface area contributed by atoms with Crippen LogP contribution in [0, 0.1) is 0 Å². The first-order chi connectivity index (χ1) is 9.06. The van der Waals surface area contributed by atoms with Crippen LogP contribution in [0.15, 0.2) is 18.2 Å². The summed E-state index contributed by atoms with van der Waals surface area (Å²) in [7, 11) is 5.39. The Bertz CT molecular complexity index is 431. The van der Waals surface area contributed by atoms with E-state index < -0.39 is 0 Å². The van der Waals surface area contributed by atoms with Crippen molar-refractivity contribution in [3.63, 3.8) is 0 Å². The first-order valence-electron chi connectivity index (χ1n) is 6.01. The van der Waals surface area contributed by atoms with Gasteiger partial charge in [-0.15, -0.1) is 24.8 Å². The lowest BCUT2D eigenvalue weighted by Gasteiger charge is -2.19. The van der Waals surface area contributed by atoms with Crippen LogP contribution in [0.4, 0.5) is 11.4 Å². The number of ether oxygens (including phenoxy) is 1. The van der Waals surface area contributed by atoms with Crippen molar-refractivity contribution in [2.24, 2.45) is 0 Å². The van der Waals surface area contributed by atoms with Crippen molar-refractivity contribution in [1.82, 2.24) is 5.32 Å². The van der Waals surface area contributed by atoms with E-state index in [0.29, 0.717) is 23.9 Å². The molecule has 1 aromatic rings. The first-order valence-corrected chi connectivity index (χ1v) is 6.39. The summed E-state index contributed by atoms with van der Waals surface area (Å²) in [5.74, 6) is -0.110. The number of nitrogens with one attached hydrogen (secondary N) is 2. The SMILES string of the molecule is COCCNCC(=O)Nc1cccc(Cl)c1N(C)C.Cl.Cl. The zero-order chi connectivity index (χ0) is 14.3. The monoisotopic (exact) mass is 357 g/mol. The third-order valence-electron chi connectivity index (χ3n) is 2.48. The first kappa shape index (κ1) is 22.6. The lowest BCUT2D eigenvalue weighted by Crippen LogP contribution is -2.30. The molecule has 0 aromatic heterocycles. The van der Waals surface area contributed by atoms with Crippen molar-refractivity contribution in [1.29, 1.82) is 0 Å². The van der Waals surface area contributed by atoms with Crippen molar-refractivity contribution in [3.8, 4) is 0 Å². The average molecular weight is 359 g/mol. The fraction of sp³-hybridized carbons (Fsp3) is 0.462. The Labute approximate surface area is 143 Å². The quantitative estimate of drug-likeness (QED) is 0.735. The van der Waals surface area contributed by atoms with Crippen LogP contribution in [-0.4, -0.2) is 46.8 Å². The van der Waals surface area contributed by atoms with Gasteiger partial charge >= 0.3 is 0 Å². The van der Waals surface area contributed by atoms with Gasteiger partial charge in [-0.05, 0) is 12.1 Å². The van der Waals surface area contributed by atoms with E-state index in [1.54, 1.807) is 13.2 Å². The molecule has 0 radical (unpaired) electrons. The second-order valence-corrected chi connectivity index (χ2v) is 4.66. The summed E-state index contributed by atoms with van der Waals surface area (Å²) in [4.78, 5) is 13.7. The summed E-state index contributed by atoms with van der Waals surface area (Å²) in [6.07, 6.45) is 0. The number of benzene rings is 1. The molecule has 0 aliphatic heterocycles. The van der Waals surface area contributed by atoms with Crippen LogP contribution in [0.1, 0.15) is 0 Å². The molecule has 2 N–H and O–H groups in total. The Kier molecular flexibility index (Phi) is 12.8. The Morgan fingerprint density at radius 2 is 2.00 bits per heavy atom. The summed E-state index contributed by atoms with van der Waals surface area (Å²) in [5, 5.41) is 6.43. The Morgan fingerprint density at radius 3 is 2.57 bits per heavy atom. The number of anilines is 2. The molecule has 21 heavy (non-hydrogen) atoms. The number of hydrogen-bond donors (Lipinski definition) is 2. The fourth-order valence-corrected chi connectivity index (χ4v) is 1.98. The predicted molar refractivity (Wildman–Crippen MR) is 93.7 cm³/mol. The highest BCUT2D eigenvalue weighted by atomic mass is 35.5. The Hall–Kier alpha value is -0.720. The minimum atomic E-state index is -0.110. The highest BCUT2D eigenvalue weighted by Gasteiger charge is 2.11. The minimum Gasteiger partial charge on any atom is -0.383 e. The van der Waals surface area contributed by atoms with Gasteiger partial charge < -0.3 is 20.3 Å². The van der Waals surface area contributed by atoms with Crippen molar-refractivity contribution >= 4 is 53.7 Å². The number of para-hydroxylation sites is 1. The highest BCUT2D eigenvalue weighted by molar-refractivity contribution is 6.34. The zero-order valence-electron chi connectivity index (χ0n) is 12.3. The second-order valence-electron chi connectivity index (χ2n) is 4.25. The molecule has 122 valence electrons. The van der Waals surface area contributed by atoms with Crippen molar-refractivity contribution in [3.05, 3.63) is 23.2 Å². The van der Waals surface area contributed by atoms with Crippen molar-refractivity contribution in [2.45, 2.75) is 0 Å². The Balaban J connectivity index is 0. The number of carbonyl (C=O) groups excluding carboxylic acids is 1. The fourth-order valence-electron chi connectivity index (χ4n) is 1.64. The normalized spacial score (nSPS) is 9.33. The minimum absolute atomic E-state index is 0. The molecule has 0 heterocycles. The van der Waals surface area contributed by atoms with Crippen molar-refractivity contribution < 1.29 is 9.53 Å². The van der Waals surface area contributed by atoms with Crippen LogP contribution in [0.5, 0.6) is 0 Å². The number of methoxy groups -OCH3 is 1. The molecule has 0 atom stereocenters. The molecular formula is C13H22Cl3N3O2. The van der Waals surface area contributed by atoms with Gasteiger partial charge in [-0.25, -0.2) is 0 Å². The lowest BCUT2D eigenvalue weighted by molar-refractivity contribution is -0.115. The molecule has 0 unspecified atom stereocenters. The van der Waals surface area contributed by atoms with E-state index in [2.05, 4.69) is 10.6 Å². The number of rotatable bonds is 7. The van der Waals surface area contributed by atoms with Crippen LogP contribution in [0.3, 0.4) is 0 Å². The number of halogens is 3. The molecule has 1 amide bonds. The summed E-state index contributed by atoms with van der Waals surface area (Å²) >= 11 is 6.13. The van der Waals surface area contributed by atoms with Gasteiger partial charge in [0.15, 0.2) is 0 Å². The topological polar surface area (TPSA) is 53.6 Å². The van der Waals surface area contributed by atoms with E-state index in [-0.39, 0.29) is 37.3 Å². The van der Waals surface area contributed by atoms with Crippen molar-refractivity contribution in [2.75, 3.05) is 51.1 Å². The molecule has 0 saturated heterocycles. The maximum atomic E-state index is 11.8. The Morgan fingerprint density at radius 1 is 1.33 bits per heavy atom. The van der Waals surface area contributed by atoms with Gasteiger partial charge in [-0.1, -0.05) is 17.7 Å². The van der Waals surface area contributed by atoms with Crippen LogP contribution in [-0.2, 0) is 9.53 Å². The van der Waals surface area contributed by atoms with Crippen LogP contribution in [0.2, 0.25) is 5.02 Å². The van der Waals surface area contributed by atoms with Gasteiger partial charge in [0.2, 0.25) is 5.91 Å². The molecule has 8 heteroatoms. The van der Waals surface area contributed by atoms with E-state index in [0.717, 1.165) is 5.69 Å². The second kappa shape index (κ2) is 11.9. The van der Waals surface area contributed by atoms with E-state index in [9.17, 15) is 4.79 Å². The van der Waals surface area contributed by atoms with Gasteiger partial charge in [-0.3, -0.25) is 4.79 Å². The molecule has 5 nitrogen and oxygen atoms in total. The van der Waals surface area contributed by atoms with Gasteiger partial charge in [0.05, 0.1) is 29.5 Å². The average Bonchev–Trinajstić information content (AvgIpc) is 2.34. The number of carbonyl (C=O) groups is 1.